The second-order valence-electron chi connectivity index (χ2n) is 5.94. The zero-order valence-electron chi connectivity index (χ0n) is 12.0. The highest BCUT2D eigenvalue weighted by Gasteiger charge is 2.39. The minimum atomic E-state index is -0.808. The molecule has 1 aliphatic rings. The molecule has 1 saturated carbocycles. The lowest BCUT2D eigenvalue weighted by Gasteiger charge is -2.41. The topological polar surface area (TPSA) is 92.4 Å². The lowest BCUT2D eigenvalue weighted by molar-refractivity contribution is -0.142. The van der Waals surface area contributed by atoms with Gasteiger partial charge in [-0.1, -0.05) is 36.8 Å². The zero-order valence-corrected chi connectivity index (χ0v) is 12.0. The van der Waals surface area contributed by atoms with Crippen LogP contribution in [0.15, 0.2) is 30.3 Å². The number of nitrogens with one attached hydrogen (secondary N) is 1. The molecule has 1 atom stereocenters. The molecule has 5 heteroatoms. The minimum absolute atomic E-state index is 0.112. The summed E-state index contributed by atoms with van der Waals surface area (Å²) in [5, 5.41) is 11.8. The molecule has 0 bridgehead atoms. The molecule has 0 saturated heterocycles. The average Bonchev–Trinajstić information content (AvgIpc) is 2.42. The summed E-state index contributed by atoms with van der Waals surface area (Å²) in [6, 6.07) is 9.01. The van der Waals surface area contributed by atoms with Gasteiger partial charge in [0.1, 0.15) is 0 Å². The van der Waals surface area contributed by atoms with Gasteiger partial charge >= 0.3 is 5.97 Å². The SMILES string of the molecule is NC(Cc1ccccc1)C(=O)NCC1(CC(=O)O)CCC1. The second-order valence-corrected chi connectivity index (χ2v) is 5.94. The highest BCUT2D eigenvalue weighted by atomic mass is 16.4. The summed E-state index contributed by atoms with van der Waals surface area (Å²) in [5.74, 6) is -1.02. The van der Waals surface area contributed by atoms with Gasteiger partial charge in [-0.2, -0.15) is 0 Å². The van der Waals surface area contributed by atoms with Crippen LogP contribution >= 0.6 is 0 Å². The van der Waals surface area contributed by atoms with Gasteiger partial charge in [0.05, 0.1) is 12.5 Å². The molecule has 2 rings (SSSR count). The fraction of sp³-hybridized carbons (Fsp3) is 0.500. The number of amides is 1. The van der Waals surface area contributed by atoms with Crippen LogP contribution in [0.2, 0.25) is 0 Å². The van der Waals surface area contributed by atoms with Gasteiger partial charge in [-0.05, 0) is 30.2 Å². The fourth-order valence-corrected chi connectivity index (χ4v) is 2.78. The number of carbonyl (C=O) groups excluding carboxylic acids is 1. The quantitative estimate of drug-likeness (QED) is 0.706. The normalized spacial score (nSPS) is 17.6. The first-order chi connectivity index (χ1) is 10.0. The third kappa shape index (κ3) is 4.29. The van der Waals surface area contributed by atoms with Crippen LogP contribution in [0, 0.1) is 5.41 Å². The Labute approximate surface area is 124 Å². The lowest BCUT2D eigenvalue weighted by Crippen LogP contribution is -2.48. The number of aliphatic carboxylic acids is 1. The van der Waals surface area contributed by atoms with E-state index in [1.807, 2.05) is 30.3 Å². The highest BCUT2D eigenvalue weighted by Crippen LogP contribution is 2.43. The maximum absolute atomic E-state index is 12.0. The molecule has 1 fully saturated rings. The largest absolute Gasteiger partial charge is 0.481 e. The molecule has 1 aromatic carbocycles. The molecular formula is C16H22N2O3. The number of rotatable bonds is 7. The van der Waals surface area contributed by atoms with Crippen molar-refractivity contribution in [3.8, 4) is 0 Å². The fourth-order valence-electron chi connectivity index (χ4n) is 2.78. The summed E-state index contributed by atoms with van der Waals surface area (Å²) in [6.07, 6.45) is 3.33. The van der Waals surface area contributed by atoms with Crippen molar-refractivity contribution in [3.05, 3.63) is 35.9 Å². The predicted molar refractivity (Wildman–Crippen MR) is 79.7 cm³/mol. The molecule has 1 aliphatic carbocycles. The molecule has 0 aromatic heterocycles. The van der Waals surface area contributed by atoms with Crippen LogP contribution in [-0.4, -0.2) is 29.6 Å². The van der Waals surface area contributed by atoms with Gasteiger partial charge in [0.25, 0.3) is 0 Å². The molecule has 0 radical (unpaired) electrons. The number of hydrogen-bond donors (Lipinski definition) is 3. The van der Waals surface area contributed by atoms with Gasteiger partial charge in [0.2, 0.25) is 5.91 Å². The summed E-state index contributed by atoms with van der Waals surface area (Å²) >= 11 is 0. The van der Waals surface area contributed by atoms with E-state index >= 15 is 0 Å². The van der Waals surface area contributed by atoms with E-state index in [2.05, 4.69) is 5.32 Å². The van der Waals surface area contributed by atoms with Gasteiger partial charge < -0.3 is 16.2 Å². The maximum atomic E-state index is 12.0. The Bertz CT molecular complexity index is 498. The molecule has 1 aromatic rings. The molecule has 0 heterocycles. The summed E-state index contributed by atoms with van der Waals surface area (Å²) < 4.78 is 0. The van der Waals surface area contributed by atoms with Gasteiger partial charge in [0, 0.05) is 6.54 Å². The van der Waals surface area contributed by atoms with E-state index < -0.39 is 12.0 Å². The van der Waals surface area contributed by atoms with Crippen molar-refractivity contribution in [2.45, 2.75) is 38.1 Å². The first-order valence-corrected chi connectivity index (χ1v) is 7.30. The molecular weight excluding hydrogens is 268 g/mol. The third-order valence-electron chi connectivity index (χ3n) is 4.21. The van der Waals surface area contributed by atoms with Crippen molar-refractivity contribution in [2.75, 3.05) is 6.54 Å². The van der Waals surface area contributed by atoms with E-state index in [4.69, 9.17) is 10.8 Å². The summed E-state index contributed by atoms with van der Waals surface area (Å²) in [5.41, 5.74) is 6.66. The van der Waals surface area contributed by atoms with Crippen molar-refractivity contribution in [1.82, 2.24) is 5.32 Å². The molecule has 4 N–H and O–H groups in total. The molecule has 5 nitrogen and oxygen atoms in total. The third-order valence-corrected chi connectivity index (χ3v) is 4.21. The monoisotopic (exact) mass is 290 g/mol. The van der Waals surface area contributed by atoms with Gasteiger partial charge in [-0.25, -0.2) is 0 Å². The standard InChI is InChI=1S/C16H22N2O3/c17-13(9-12-5-2-1-3-6-12)15(21)18-11-16(7-4-8-16)10-14(19)20/h1-3,5-6,13H,4,7-11,17H2,(H,18,21)(H,19,20). The Morgan fingerprint density at radius 2 is 1.95 bits per heavy atom. The summed E-state index contributed by atoms with van der Waals surface area (Å²) in [6.45, 7) is 0.403. The number of nitrogens with two attached hydrogens (primary N) is 1. The number of carboxylic acids is 1. The Morgan fingerprint density at radius 3 is 2.48 bits per heavy atom. The number of benzene rings is 1. The molecule has 0 spiro atoms. The molecule has 0 aliphatic heterocycles. The van der Waals surface area contributed by atoms with Crippen molar-refractivity contribution < 1.29 is 14.7 Å². The van der Waals surface area contributed by atoms with E-state index in [1.54, 1.807) is 0 Å². The van der Waals surface area contributed by atoms with Crippen LogP contribution < -0.4 is 11.1 Å². The van der Waals surface area contributed by atoms with Crippen LogP contribution in [0.1, 0.15) is 31.2 Å². The van der Waals surface area contributed by atoms with Crippen molar-refractivity contribution in [1.29, 1.82) is 0 Å². The molecule has 114 valence electrons. The first-order valence-electron chi connectivity index (χ1n) is 7.30. The Hall–Kier alpha value is -1.88. The lowest BCUT2D eigenvalue weighted by atomic mass is 9.66. The Kier molecular flexibility index (Phi) is 4.96. The van der Waals surface area contributed by atoms with Gasteiger partial charge in [0.15, 0.2) is 0 Å². The minimum Gasteiger partial charge on any atom is -0.481 e. The van der Waals surface area contributed by atoms with Crippen LogP contribution in [0.3, 0.4) is 0 Å². The van der Waals surface area contributed by atoms with Crippen LogP contribution in [-0.2, 0) is 16.0 Å². The van der Waals surface area contributed by atoms with Crippen molar-refractivity contribution >= 4 is 11.9 Å². The summed E-state index contributed by atoms with van der Waals surface area (Å²) in [4.78, 5) is 22.9. The Balaban J connectivity index is 1.82. The predicted octanol–water partition coefficient (Wildman–Crippen LogP) is 1.32. The van der Waals surface area contributed by atoms with Crippen LogP contribution in [0.5, 0.6) is 0 Å². The average molecular weight is 290 g/mol. The zero-order chi connectivity index (χ0) is 15.3. The van der Waals surface area contributed by atoms with E-state index in [9.17, 15) is 9.59 Å². The number of carbonyl (C=O) groups is 2. The molecule has 21 heavy (non-hydrogen) atoms. The van der Waals surface area contributed by atoms with E-state index in [0.29, 0.717) is 13.0 Å². The van der Waals surface area contributed by atoms with E-state index in [-0.39, 0.29) is 17.7 Å². The van der Waals surface area contributed by atoms with Crippen molar-refractivity contribution in [3.63, 3.8) is 0 Å². The Morgan fingerprint density at radius 1 is 1.29 bits per heavy atom. The maximum Gasteiger partial charge on any atom is 0.303 e. The smallest absolute Gasteiger partial charge is 0.303 e. The molecule has 1 unspecified atom stereocenters. The van der Waals surface area contributed by atoms with Gasteiger partial charge in [-0.15, -0.1) is 0 Å². The van der Waals surface area contributed by atoms with Gasteiger partial charge in [-0.3, -0.25) is 9.59 Å². The molecule has 1 amide bonds. The first kappa shape index (κ1) is 15.5. The second kappa shape index (κ2) is 6.72. The van der Waals surface area contributed by atoms with Crippen LogP contribution in [0.25, 0.3) is 0 Å². The van der Waals surface area contributed by atoms with E-state index in [0.717, 1.165) is 24.8 Å². The van der Waals surface area contributed by atoms with E-state index in [1.165, 1.54) is 0 Å². The summed E-state index contributed by atoms with van der Waals surface area (Å²) in [7, 11) is 0. The number of hydrogen-bond acceptors (Lipinski definition) is 3. The highest BCUT2D eigenvalue weighted by molar-refractivity contribution is 5.82. The van der Waals surface area contributed by atoms with Crippen molar-refractivity contribution in [2.24, 2.45) is 11.1 Å². The van der Waals surface area contributed by atoms with Crippen LogP contribution in [0.4, 0.5) is 0 Å². The number of carboxylic acid groups (broad SMARTS) is 1.